The van der Waals surface area contributed by atoms with Gasteiger partial charge in [-0.25, -0.2) is 18.1 Å². The molecule has 0 unspecified atom stereocenters. The Hall–Kier alpha value is -1.18. The van der Waals surface area contributed by atoms with Crippen LogP contribution in [0.2, 0.25) is 0 Å². The van der Waals surface area contributed by atoms with Crippen molar-refractivity contribution in [3.05, 3.63) is 23.8 Å². The summed E-state index contributed by atoms with van der Waals surface area (Å²) in [6.45, 7) is 4.51. The van der Waals surface area contributed by atoms with Crippen molar-refractivity contribution in [2.75, 3.05) is 30.8 Å². The Morgan fingerprint density at radius 3 is 2.77 bits per heavy atom. The lowest BCUT2D eigenvalue weighted by molar-refractivity contribution is 0.402. The fourth-order valence-electron chi connectivity index (χ4n) is 2.76. The van der Waals surface area contributed by atoms with Crippen LogP contribution in [0.25, 0.3) is 10.2 Å². The smallest absolute Gasteiger partial charge is 0.208 e. The van der Waals surface area contributed by atoms with Crippen LogP contribution in [0.5, 0.6) is 0 Å². The van der Waals surface area contributed by atoms with Crippen LogP contribution in [0.3, 0.4) is 0 Å². The maximum atomic E-state index is 11.2. The Morgan fingerprint density at radius 2 is 2.09 bits per heavy atom. The number of piperidine rings is 1. The number of rotatable bonds is 4. The van der Waals surface area contributed by atoms with Gasteiger partial charge in [0, 0.05) is 19.6 Å². The van der Waals surface area contributed by atoms with Gasteiger partial charge in [0.2, 0.25) is 10.0 Å². The number of benzene rings is 1. The van der Waals surface area contributed by atoms with Crippen LogP contribution in [0.15, 0.2) is 18.2 Å². The molecule has 1 saturated heterocycles. The van der Waals surface area contributed by atoms with E-state index in [0.717, 1.165) is 36.6 Å². The SMILES string of the molecule is Cc1ccc2sc(N3CCC(CNS(C)(=O)=O)CC3)nc2c1. The summed E-state index contributed by atoms with van der Waals surface area (Å²) < 4.78 is 26.2. The highest BCUT2D eigenvalue weighted by atomic mass is 32.2. The van der Waals surface area contributed by atoms with E-state index in [2.05, 4.69) is 34.7 Å². The van der Waals surface area contributed by atoms with Gasteiger partial charge in [-0.3, -0.25) is 0 Å². The Kier molecular flexibility index (Phi) is 4.38. The van der Waals surface area contributed by atoms with Gasteiger partial charge in [0.15, 0.2) is 5.13 Å². The average molecular weight is 339 g/mol. The van der Waals surface area contributed by atoms with Crippen LogP contribution in [0.4, 0.5) is 5.13 Å². The third-order valence-corrected chi connectivity index (χ3v) is 5.84. The minimum atomic E-state index is -3.08. The first kappa shape index (κ1) is 15.7. The molecule has 5 nitrogen and oxygen atoms in total. The first-order valence-corrected chi connectivity index (χ1v) is 10.2. The average Bonchev–Trinajstić information content (AvgIpc) is 2.88. The number of fused-ring (bicyclic) bond motifs is 1. The van der Waals surface area contributed by atoms with Gasteiger partial charge in [0.25, 0.3) is 0 Å². The second kappa shape index (κ2) is 6.14. The molecule has 22 heavy (non-hydrogen) atoms. The van der Waals surface area contributed by atoms with Crippen LogP contribution in [-0.2, 0) is 10.0 Å². The summed E-state index contributed by atoms with van der Waals surface area (Å²) in [6.07, 6.45) is 3.21. The van der Waals surface area contributed by atoms with Crippen LogP contribution in [-0.4, -0.2) is 39.3 Å². The lowest BCUT2D eigenvalue weighted by atomic mass is 9.97. The van der Waals surface area contributed by atoms with Crippen molar-refractivity contribution < 1.29 is 8.42 Å². The van der Waals surface area contributed by atoms with Crippen molar-refractivity contribution in [3.8, 4) is 0 Å². The monoisotopic (exact) mass is 339 g/mol. The Labute approximate surface area is 135 Å². The largest absolute Gasteiger partial charge is 0.348 e. The Morgan fingerprint density at radius 1 is 1.36 bits per heavy atom. The van der Waals surface area contributed by atoms with Gasteiger partial charge < -0.3 is 4.90 Å². The minimum absolute atomic E-state index is 0.419. The van der Waals surface area contributed by atoms with Gasteiger partial charge in [0.1, 0.15) is 0 Å². The molecular weight excluding hydrogens is 318 g/mol. The highest BCUT2D eigenvalue weighted by molar-refractivity contribution is 7.88. The van der Waals surface area contributed by atoms with Crippen molar-refractivity contribution in [1.82, 2.24) is 9.71 Å². The van der Waals surface area contributed by atoms with Crippen molar-refractivity contribution in [2.24, 2.45) is 5.92 Å². The molecule has 0 amide bonds. The van der Waals surface area contributed by atoms with Gasteiger partial charge in [-0.1, -0.05) is 17.4 Å². The number of thiazole rings is 1. The van der Waals surface area contributed by atoms with Crippen LogP contribution in [0, 0.1) is 12.8 Å². The van der Waals surface area contributed by atoms with E-state index in [4.69, 9.17) is 4.98 Å². The number of anilines is 1. The molecule has 0 radical (unpaired) electrons. The van der Waals surface area contributed by atoms with Crippen LogP contribution >= 0.6 is 11.3 Å². The van der Waals surface area contributed by atoms with Crippen LogP contribution < -0.4 is 9.62 Å². The molecule has 1 aliphatic rings. The molecule has 0 atom stereocenters. The molecule has 3 rings (SSSR count). The van der Waals surface area contributed by atoms with Gasteiger partial charge in [-0.2, -0.15) is 0 Å². The summed E-state index contributed by atoms with van der Waals surface area (Å²) in [7, 11) is -3.08. The lowest BCUT2D eigenvalue weighted by Gasteiger charge is -2.31. The summed E-state index contributed by atoms with van der Waals surface area (Å²) in [5.74, 6) is 0.419. The maximum absolute atomic E-state index is 11.2. The highest BCUT2D eigenvalue weighted by Gasteiger charge is 2.22. The van der Waals surface area contributed by atoms with Gasteiger partial charge in [-0.15, -0.1) is 0 Å². The quantitative estimate of drug-likeness (QED) is 0.929. The second-order valence-corrected chi connectivity index (χ2v) is 8.86. The van der Waals surface area contributed by atoms with E-state index in [0.29, 0.717) is 12.5 Å². The standard InChI is InChI=1S/C15H21N3O2S2/c1-11-3-4-14-13(9-11)17-15(21-14)18-7-5-12(6-8-18)10-16-22(2,19)20/h3-4,9,12,16H,5-8,10H2,1-2H3. The van der Waals surface area contributed by atoms with Gasteiger partial charge in [0.05, 0.1) is 16.5 Å². The first-order chi connectivity index (χ1) is 10.4. The van der Waals surface area contributed by atoms with E-state index in [1.165, 1.54) is 16.5 Å². The summed E-state index contributed by atoms with van der Waals surface area (Å²) in [5.41, 5.74) is 2.30. The fourth-order valence-corrected chi connectivity index (χ4v) is 4.29. The summed E-state index contributed by atoms with van der Waals surface area (Å²) in [4.78, 5) is 7.06. The molecule has 7 heteroatoms. The third-order valence-electron chi connectivity index (χ3n) is 4.05. The predicted molar refractivity (Wildman–Crippen MR) is 92.1 cm³/mol. The number of hydrogen-bond acceptors (Lipinski definition) is 5. The first-order valence-electron chi connectivity index (χ1n) is 7.47. The summed E-state index contributed by atoms with van der Waals surface area (Å²) in [6, 6.07) is 6.38. The van der Waals surface area contributed by atoms with Crippen LogP contribution in [0.1, 0.15) is 18.4 Å². The molecule has 2 heterocycles. The number of nitrogens with zero attached hydrogens (tertiary/aromatic N) is 2. The van der Waals surface area contributed by atoms with E-state index in [1.807, 2.05) is 0 Å². The van der Waals surface area contributed by atoms with Gasteiger partial charge in [-0.05, 0) is 43.4 Å². The lowest BCUT2D eigenvalue weighted by Crippen LogP contribution is -2.38. The molecule has 1 aromatic heterocycles. The molecule has 0 saturated carbocycles. The molecule has 1 N–H and O–H groups in total. The van der Waals surface area contributed by atoms with Crippen molar-refractivity contribution in [1.29, 1.82) is 0 Å². The van der Waals surface area contributed by atoms with Crippen molar-refractivity contribution in [2.45, 2.75) is 19.8 Å². The molecule has 0 spiro atoms. The fraction of sp³-hybridized carbons (Fsp3) is 0.533. The van der Waals surface area contributed by atoms with E-state index in [9.17, 15) is 8.42 Å². The number of sulfonamides is 1. The molecule has 2 aromatic rings. The van der Waals surface area contributed by atoms with E-state index >= 15 is 0 Å². The summed E-state index contributed by atoms with van der Waals surface area (Å²) >= 11 is 1.73. The number of aromatic nitrogens is 1. The van der Waals surface area contributed by atoms with E-state index < -0.39 is 10.0 Å². The topological polar surface area (TPSA) is 62.3 Å². The minimum Gasteiger partial charge on any atom is -0.348 e. The van der Waals surface area contributed by atoms with E-state index in [-0.39, 0.29) is 0 Å². The number of hydrogen-bond donors (Lipinski definition) is 1. The van der Waals surface area contributed by atoms with Crippen molar-refractivity contribution >= 4 is 36.7 Å². The molecule has 0 bridgehead atoms. The second-order valence-electron chi connectivity index (χ2n) is 6.02. The summed E-state index contributed by atoms with van der Waals surface area (Å²) in [5, 5.41) is 1.08. The molecule has 1 fully saturated rings. The molecule has 1 aromatic carbocycles. The molecule has 1 aliphatic heterocycles. The Bertz CT molecular complexity index is 762. The number of aryl methyl sites for hydroxylation is 1. The molecule has 0 aliphatic carbocycles. The van der Waals surface area contributed by atoms with Crippen molar-refractivity contribution in [3.63, 3.8) is 0 Å². The third kappa shape index (κ3) is 3.77. The normalized spacial score (nSPS) is 17.3. The zero-order valence-corrected chi connectivity index (χ0v) is 14.5. The molecule has 120 valence electrons. The predicted octanol–water partition coefficient (Wildman–Crippen LogP) is 2.37. The Balaban J connectivity index is 1.62. The maximum Gasteiger partial charge on any atom is 0.208 e. The van der Waals surface area contributed by atoms with E-state index in [1.54, 1.807) is 11.3 Å². The highest BCUT2D eigenvalue weighted by Crippen LogP contribution is 2.31. The zero-order valence-electron chi connectivity index (χ0n) is 12.9. The zero-order chi connectivity index (χ0) is 15.7. The number of nitrogens with one attached hydrogen (secondary N) is 1. The van der Waals surface area contributed by atoms with Gasteiger partial charge >= 0.3 is 0 Å². The molecular formula is C15H21N3O2S2.